The molecule has 8 heteroatoms. The van der Waals surface area contributed by atoms with Gasteiger partial charge in [0.1, 0.15) is 11.4 Å². The summed E-state index contributed by atoms with van der Waals surface area (Å²) in [5.74, 6) is -0.593. The van der Waals surface area contributed by atoms with E-state index in [9.17, 15) is 14.4 Å². The number of hydrogen-bond donors (Lipinski definition) is 2. The van der Waals surface area contributed by atoms with E-state index < -0.39 is 17.6 Å². The van der Waals surface area contributed by atoms with E-state index in [1.165, 1.54) is 0 Å². The molecule has 0 saturated heterocycles. The van der Waals surface area contributed by atoms with E-state index in [0.717, 1.165) is 15.8 Å². The van der Waals surface area contributed by atoms with Gasteiger partial charge in [-0.05, 0) is 0 Å². The van der Waals surface area contributed by atoms with E-state index in [-0.39, 0.29) is 13.0 Å². The van der Waals surface area contributed by atoms with Crippen LogP contribution in [0, 0.1) is 0 Å². The standard InChI is InChI=1S/C19H17N5O3/c20-18(26)21-15(25)11-12-24-19(27)22-16(13-7-3-1-4-8-13)17(23-24)14-9-5-2-6-10-14/h1-10H,11-12H2,(H3,20,21,25,26). The minimum absolute atomic E-state index is 0.0279. The SMILES string of the molecule is NC(=O)NC(=O)CCn1nc(-c2ccccc2)c(-c2ccccc2)nc1=O. The lowest BCUT2D eigenvalue weighted by molar-refractivity contribution is -0.120. The first-order valence-electron chi connectivity index (χ1n) is 8.24. The summed E-state index contributed by atoms with van der Waals surface area (Å²) in [7, 11) is 0. The van der Waals surface area contributed by atoms with Gasteiger partial charge >= 0.3 is 11.7 Å². The molecular weight excluding hydrogens is 346 g/mol. The van der Waals surface area contributed by atoms with Crippen LogP contribution in [0.25, 0.3) is 22.5 Å². The first-order chi connectivity index (χ1) is 13.0. The zero-order valence-electron chi connectivity index (χ0n) is 14.3. The Morgan fingerprint density at radius 3 is 2.04 bits per heavy atom. The quantitative estimate of drug-likeness (QED) is 0.713. The maximum atomic E-state index is 12.4. The average molecular weight is 363 g/mol. The first kappa shape index (κ1) is 18.0. The molecule has 3 N–H and O–H groups in total. The fourth-order valence-corrected chi connectivity index (χ4v) is 2.56. The fourth-order valence-electron chi connectivity index (χ4n) is 2.56. The lowest BCUT2D eigenvalue weighted by Gasteiger charge is -2.11. The Morgan fingerprint density at radius 1 is 0.926 bits per heavy atom. The van der Waals surface area contributed by atoms with Gasteiger partial charge in [0.15, 0.2) is 0 Å². The number of benzene rings is 2. The molecule has 0 bridgehead atoms. The minimum Gasteiger partial charge on any atom is -0.351 e. The number of aryl methyl sites for hydroxylation is 1. The van der Waals surface area contributed by atoms with E-state index in [4.69, 9.17) is 5.73 Å². The number of primary amides is 1. The van der Waals surface area contributed by atoms with E-state index >= 15 is 0 Å². The number of aromatic nitrogens is 3. The van der Waals surface area contributed by atoms with E-state index in [1.807, 2.05) is 66.0 Å². The molecule has 0 radical (unpaired) electrons. The van der Waals surface area contributed by atoms with Gasteiger partial charge in [-0.15, -0.1) is 0 Å². The van der Waals surface area contributed by atoms with Crippen molar-refractivity contribution in [1.82, 2.24) is 20.1 Å². The van der Waals surface area contributed by atoms with Gasteiger partial charge in [-0.1, -0.05) is 60.7 Å². The molecule has 27 heavy (non-hydrogen) atoms. The molecule has 0 aliphatic rings. The topological polar surface area (TPSA) is 120 Å². The number of hydrogen-bond acceptors (Lipinski definition) is 5. The van der Waals surface area contributed by atoms with Crippen LogP contribution in [0.3, 0.4) is 0 Å². The lowest BCUT2D eigenvalue weighted by atomic mass is 10.0. The summed E-state index contributed by atoms with van der Waals surface area (Å²) >= 11 is 0. The molecule has 3 aromatic rings. The Hall–Kier alpha value is -3.81. The van der Waals surface area contributed by atoms with Crippen molar-refractivity contribution < 1.29 is 9.59 Å². The molecule has 0 spiro atoms. The molecule has 1 heterocycles. The number of carbonyl (C=O) groups excluding carboxylic acids is 2. The predicted molar refractivity (Wildman–Crippen MR) is 99.5 cm³/mol. The molecule has 2 aromatic carbocycles. The molecule has 136 valence electrons. The molecule has 0 unspecified atom stereocenters. The van der Waals surface area contributed by atoms with Crippen LogP contribution in [-0.2, 0) is 11.3 Å². The molecule has 1 aromatic heterocycles. The number of nitrogens with two attached hydrogens (primary N) is 1. The first-order valence-corrected chi connectivity index (χ1v) is 8.24. The maximum absolute atomic E-state index is 12.4. The Labute approximate surface area is 154 Å². The second-order valence-corrected chi connectivity index (χ2v) is 5.71. The largest absolute Gasteiger partial charge is 0.364 e. The van der Waals surface area contributed by atoms with Crippen molar-refractivity contribution in [3.05, 3.63) is 71.1 Å². The molecule has 0 atom stereocenters. The van der Waals surface area contributed by atoms with Crippen LogP contribution in [0.2, 0.25) is 0 Å². The second-order valence-electron chi connectivity index (χ2n) is 5.71. The third kappa shape index (κ3) is 4.43. The average Bonchev–Trinajstić information content (AvgIpc) is 2.67. The van der Waals surface area contributed by atoms with Crippen LogP contribution in [0.5, 0.6) is 0 Å². The maximum Gasteiger partial charge on any atom is 0.364 e. The van der Waals surface area contributed by atoms with Crippen molar-refractivity contribution in [2.75, 3.05) is 0 Å². The van der Waals surface area contributed by atoms with Crippen molar-refractivity contribution in [2.45, 2.75) is 13.0 Å². The van der Waals surface area contributed by atoms with Gasteiger partial charge in [-0.3, -0.25) is 10.1 Å². The third-order valence-electron chi connectivity index (χ3n) is 3.78. The zero-order valence-corrected chi connectivity index (χ0v) is 14.3. The van der Waals surface area contributed by atoms with Crippen LogP contribution < -0.4 is 16.7 Å². The molecular formula is C19H17N5O3. The number of nitrogens with zero attached hydrogens (tertiary/aromatic N) is 3. The van der Waals surface area contributed by atoms with Crippen LogP contribution in [0.4, 0.5) is 4.79 Å². The molecule has 8 nitrogen and oxygen atoms in total. The summed E-state index contributed by atoms with van der Waals surface area (Å²) in [6.45, 7) is -0.0279. The molecule has 0 fully saturated rings. The summed E-state index contributed by atoms with van der Waals surface area (Å²) in [6, 6.07) is 17.7. The van der Waals surface area contributed by atoms with Gasteiger partial charge < -0.3 is 5.73 Å². The van der Waals surface area contributed by atoms with Crippen molar-refractivity contribution in [3.8, 4) is 22.5 Å². The summed E-state index contributed by atoms with van der Waals surface area (Å²) in [4.78, 5) is 38.9. The van der Waals surface area contributed by atoms with Crippen LogP contribution in [-0.4, -0.2) is 26.7 Å². The second kappa shape index (κ2) is 8.05. The minimum atomic E-state index is -0.942. The molecule has 0 aliphatic heterocycles. The number of rotatable bonds is 5. The van der Waals surface area contributed by atoms with Crippen molar-refractivity contribution in [2.24, 2.45) is 5.73 Å². The van der Waals surface area contributed by atoms with Gasteiger partial charge in [0, 0.05) is 17.5 Å². The number of amides is 3. The Kier molecular flexibility index (Phi) is 5.36. The van der Waals surface area contributed by atoms with Gasteiger partial charge in [0.05, 0.1) is 6.54 Å². The molecule has 0 aliphatic carbocycles. The number of carbonyl (C=O) groups is 2. The highest BCUT2D eigenvalue weighted by Gasteiger charge is 2.15. The van der Waals surface area contributed by atoms with Crippen LogP contribution >= 0.6 is 0 Å². The van der Waals surface area contributed by atoms with E-state index in [0.29, 0.717) is 11.4 Å². The molecule has 3 amide bonds. The van der Waals surface area contributed by atoms with Gasteiger partial charge in [0.25, 0.3) is 0 Å². The summed E-state index contributed by atoms with van der Waals surface area (Å²) in [6.07, 6.45) is -0.129. The highest BCUT2D eigenvalue weighted by Crippen LogP contribution is 2.27. The monoisotopic (exact) mass is 363 g/mol. The van der Waals surface area contributed by atoms with Gasteiger partial charge in [-0.25, -0.2) is 14.3 Å². The highest BCUT2D eigenvalue weighted by molar-refractivity contribution is 5.93. The number of imide groups is 1. The normalized spacial score (nSPS) is 10.4. The van der Waals surface area contributed by atoms with Crippen molar-refractivity contribution >= 4 is 11.9 Å². The molecule has 3 rings (SSSR count). The third-order valence-corrected chi connectivity index (χ3v) is 3.78. The number of urea groups is 1. The van der Waals surface area contributed by atoms with Gasteiger partial charge in [0.2, 0.25) is 5.91 Å². The fraction of sp³-hybridized carbons (Fsp3) is 0.105. The predicted octanol–water partition coefficient (Wildman–Crippen LogP) is 1.56. The van der Waals surface area contributed by atoms with E-state index in [2.05, 4.69) is 10.1 Å². The zero-order chi connectivity index (χ0) is 19.2. The Balaban J connectivity index is 2.01. The van der Waals surface area contributed by atoms with Crippen LogP contribution in [0.15, 0.2) is 65.5 Å². The smallest absolute Gasteiger partial charge is 0.351 e. The number of nitrogens with one attached hydrogen (secondary N) is 1. The van der Waals surface area contributed by atoms with Crippen LogP contribution in [0.1, 0.15) is 6.42 Å². The van der Waals surface area contributed by atoms with Crippen molar-refractivity contribution in [1.29, 1.82) is 0 Å². The Morgan fingerprint density at radius 2 is 1.48 bits per heavy atom. The van der Waals surface area contributed by atoms with E-state index in [1.54, 1.807) is 0 Å². The molecule has 0 saturated carbocycles. The summed E-state index contributed by atoms with van der Waals surface area (Å²) in [5.41, 5.74) is 6.87. The summed E-state index contributed by atoms with van der Waals surface area (Å²) < 4.78 is 1.11. The highest BCUT2D eigenvalue weighted by atomic mass is 16.2. The van der Waals surface area contributed by atoms with Crippen molar-refractivity contribution in [3.63, 3.8) is 0 Å². The Bertz CT molecular complexity index is 1020. The van der Waals surface area contributed by atoms with Gasteiger partial charge in [-0.2, -0.15) is 10.1 Å². The summed E-state index contributed by atoms with van der Waals surface area (Å²) in [5, 5.41) is 6.37. The lowest BCUT2D eigenvalue weighted by Crippen LogP contribution is -2.36.